The minimum absolute atomic E-state index is 0.00497. The van der Waals surface area contributed by atoms with Gasteiger partial charge in [-0.05, 0) is 31.2 Å². The average Bonchev–Trinajstić information content (AvgIpc) is 2.62. The molecule has 0 spiro atoms. The van der Waals surface area contributed by atoms with E-state index in [4.69, 9.17) is 0 Å². The van der Waals surface area contributed by atoms with Gasteiger partial charge in [-0.1, -0.05) is 6.07 Å². The molecule has 0 aliphatic rings. The van der Waals surface area contributed by atoms with Crippen molar-refractivity contribution in [1.29, 1.82) is 0 Å². The van der Waals surface area contributed by atoms with E-state index in [9.17, 15) is 19.7 Å². The highest BCUT2D eigenvalue weighted by Gasteiger charge is 2.15. The smallest absolute Gasteiger partial charge is 0.269 e. The van der Waals surface area contributed by atoms with Crippen LogP contribution in [0, 0.1) is 10.1 Å². The number of benzene rings is 1. The minimum atomic E-state index is -0.472. The standard InChI is InChI=1S/C17H18N4O4S/c1-12(26-14-7-5-13(6-8-14)21(24)25)17(23)19-11-9-16(22)20-15-4-2-3-10-18-15/h2-8,10,12H,9,11H2,1H3,(H,19,23)(H,18,20,22). The van der Waals surface area contributed by atoms with Crippen molar-refractivity contribution in [1.82, 2.24) is 10.3 Å². The third-order valence-corrected chi connectivity index (χ3v) is 4.43. The summed E-state index contributed by atoms with van der Waals surface area (Å²) < 4.78 is 0. The summed E-state index contributed by atoms with van der Waals surface area (Å²) in [5.41, 5.74) is 0.00497. The number of carbonyl (C=O) groups is 2. The van der Waals surface area contributed by atoms with Gasteiger partial charge in [0.05, 0.1) is 10.2 Å². The molecular weight excluding hydrogens is 356 g/mol. The lowest BCUT2D eigenvalue weighted by molar-refractivity contribution is -0.384. The second kappa shape index (κ2) is 9.52. The van der Waals surface area contributed by atoms with Crippen molar-refractivity contribution in [3.8, 4) is 0 Å². The molecule has 1 aromatic carbocycles. The number of rotatable bonds is 8. The molecule has 2 amide bonds. The minimum Gasteiger partial charge on any atom is -0.355 e. The Labute approximate surface area is 154 Å². The Bertz CT molecular complexity index is 768. The number of pyridine rings is 1. The molecule has 2 rings (SSSR count). The van der Waals surface area contributed by atoms with Crippen LogP contribution < -0.4 is 10.6 Å². The maximum Gasteiger partial charge on any atom is 0.269 e. The second-order valence-electron chi connectivity index (χ2n) is 5.32. The Kier molecular flexibility index (Phi) is 7.10. The van der Waals surface area contributed by atoms with Gasteiger partial charge in [-0.2, -0.15) is 0 Å². The van der Waals surface area contributed by atoms with Gasteiger partial charge >= 0.3 is 0 Å². The summed E-state index contributed by atoms with van der Waals surface area (Å²) in [5, 5.41) is 15.6. The molecule has 26 heavy (non-hydrogen) atoms. The third kappa shape index (κ3) is 6.17. The molecule has 2 N–H and O–H groups in total. The fraction of sp³-hybridized carbons (Fsp3) is 0.235. The molecule has 0 bridgehead atoms. The predicted molar refractivity (Wildman–Crippen MR) is 98.9 cm³/mol. The van der Waals surface area contributed by atoms with Crippen molar-refractivity contribution in [2.45, 2.75) is 23.5 Å². The van der Waals surface area contributed by atoms with Gasteiger partial charge < -0.3 is 10.6 Å². The van der Waals surface area contributed by atoms with Crippen LogP contribution in [0.15, 0.2) is 53.6 Å². The van der Waals surface area contributed by atoms with E-state index in [0.717, 1.165) is 4.90 Å². The van der Waals surface area contributed by atoms with Crippen molar-refractivity contribution in [2.75, 3.05) is 11.9 Å². The Balaban J connectivity index is 1.73. The quantitative estimate of drug-likeness (QED) is 0.417. The lowest BCUT2D eigenvalue weighted by Crippen LogP contribution is -2.33. The van der Waals surface area contributed by atoms with E-state index in [1.165, 1.54) is 23.9 Å². The molecule has 136 valence electrons. The van der Waals surface area contributed by atoms with Crippen LogP contribution >= 0.6 is 11.8 Å². The number of nitrogens with zero attached hydrogens (tertiary/aromatic N) is 2. The van der Waals surface area contributed by atoms with Gasteiger partial charge in [-0.3, -0.25) is 19.7 Å². The molecule has 1 unspecified atom stereocenters. The largest absolute Gasteiger partial charge is 0.355 e. The molecule has 0 saturated heterocycles. The van der Waals surface area contributed by atoms with E-state index in [0.29, 0.717) is 5.82 Å². The molecule has 1 atom stereocenters. The van der Waals surface area contributed by atoms with Crippen molar-refractivity contribution in [2.24, 2.45) is 0 Å². The van der Waals surface area contributed by atoms with E-state index < -0.39 is 10.2 Å². The molecule has 0 saturated carbocycles. The van der Waals surface area contributed by atoms with E-state index in [1.807, 2.05) is 0 Å². The van der Waals surface area contributed by atoms with Crippen LogP contribution in [-0.4, -0.2) is 33.5 Å². The lowest BCUT2D eigenvalue weighted by Gasteiger charge is -2.12. The topological polar surface area (TPSA) is 114 Å². The van der Waals surface area contributed by atoms with E-state index in [-0.39, 0.29) is 30.5 Å². The second-order valence-corrected chi connectivity index (χ2v) is 6.73. The van der Waals surface area contributed by atoms with Crippen LogP contribution in [0.5, 0.6) is 0 Å². The van der Waals surface area contributed by atoms with Crippen molar-refractivity contribution >= 4 is 35.1 Å². The first-order valence-electron chi connectivity index (χ1n) is 7.85. The number of hydrogen-bond acceptors (Lipinski definition) is 6. The summed E-state index contributed by atoms with van der Waals surface area (Å²) in [6.07, 6.45) is 1.71. The Hall–Kier alpha value is -2.94. The molecule has 9 heteroatoms. The zero-order valence-corrected chi connectivity index (χ0v) is 14.9. The molecular formula is C17H18N4O4S. The number of anilines is 1. The summed E-state index contributed by atoms with van der Waals surface area (Å²) in [7, 11) is 0. The molecule has 8 nitrogen and oxygen atoms in total. The van der Waals surface area contributed by atoms with Crippen LogP contribution in [0.2, 0.25) is 0 Å². The van der Waals surface area contributed by atoms with Gasteiger partial charge in [0.15, 0.2) is 0 Å². The average molecular weight is 374 g/mol. The van der Waals surface area contributed by atoms with Crippen LogP contribution in [0.3, 0.4) is 0 Å². The molecule has 0 aliphatic heterocycles. The zero-order chi connectivity index (χ0) is 18.9. The van der Waals surface area contributed by atoms with Gasteiger partial charge in [-0.15, -0.1) is 11.8 Å². The number of hydrogen-bond donors (Lipinski definition) is 2. The normalized spacial score (nSPS) is 11.4. The first-order valence-corrected chi connectivity index (χ1v) is 8.73. The number of nitrogens with one attached hydrogen (secondary N) is 2. The van der Waals surface area contributed by atoms with Crippen LogP contribution in [0.4, 0.5) is 11.5 Å². The first kappa shape index (κ1) is 19.4. The van der Waals surface area contributed by atoms with Gasteiger partial charge in [0.1, 0.15) is 5.82 Å². The molecule has 2 aromatic rings. The number of non-ortho nitro benzene ring substituents is 1. The summed E-state index contributed by atoms with van der Waals surface area (Å²) in [6, 6.07) is 11.2. The van der Waals surface area contributed by atoms with Crippen LogP contribution in [-0.2, 0) is 9.59 Å². The third-order valence-electron chi connectivity index (χ3n) is 3.31. The maximum absolute atomic E-state index is 12.1. The first-order chi connectivity index (χ1) is 12.5. The van der Waals surface area contributed by atoms with E-state index >= 15 is 0 Å². The van der Waals surface area contributed by atoms with Crippen LogP contribution in [0.1, 0.15) is 13.3 Å². The SMILES string of the molecule is CC(Sc1ccc([N+](=O)[O-])cc1)C(=O)NCCC(=O)Nc1ccccn1. The highest BCUT2D eigenvalue weighted by molar-refractivity contribution is 8.00. The van der Waals surface area contributed by atoms with Gasteiger partial charge in [0.2, 0.25) is 11.8 Å². The van der Waals surface area contributed by atoms with Gasteiger partial charge in [0, 0.05) is 36.2 Å². The number of nitro groups is 1. The lowest BCUT2D eigenvalue weighted by atomic mass is 10.3. The highest BCUT2D eigenvalue weighted by Crippen LogP contribution is 2.25. The Morgan fingerprint density at radius 1 is 1.23 bits per heavy atom. The van der Waals surface area contributed by atoms with Crippen molar-refractivity contribution in [3.63, 3.8) is 0 Å². The number of thioether (sulfide) groups is 1. The van der Waals surface area contributed by atoms with E-state index in [1.54, 1.807) is 43.5 Å². The maximum atomic E-state index is 12.1. The summed E-state index contributed by atoms with van der Waals surface area (Å²) in [4.78, 5) is 38.8. The predicted octanol–water partition coefficient (Wildman–Crippen LogP) is 2.62. The number of aromatic nitrogens is 1. The Morgan fingerprint density at radius 3 is 2.58 bits per heavy atom. The monoisotopic (exact) mass is 374 g/mol. The molecule has 0 radical (unpaired) electrons. The van der Waals surface area contributed by atoms with Crippen molar-refractivity contribution < 1.29 is 14.5 Å². The molecule has 1 heterocycles. The molecule has 1 aromatic heterocycles. The van der Waals surface area contributed by atoms with Gasteiger partial charge in [0.25, 0.3) is 5.69 Å². The highest BCUT2D eigenvalue weighted by atomic mass is 32.2. The fourth-order valence-corrected chi connectivity index (χ4v) is 2.88. The van der Waals surface area contributed by atoms with Crippen molar-refractivity contribution in [3.05, 3.63) is 58.8 Å². The summed E-state index contributed by atoms with van der Waals surface area (Å²) >= 11 is 1.29. The summed E-state index contributed by atoms with van der Waals surface area (Å²) in [6.45, 7) is 1.94. The molecule has 0 fully saturated rings. The zero-order valence-electron chi connectivity index (χ0n) is 14.0. The number of carbonyl (C=O) groups excluding carboxylic acids is 2. The number of amides is 2. The summed E-state index contributed by atoms with van der Waals surface area (Å²) in [5.74, 6) is 0.0181. The Morgan fingerprint density at radius 2 is 1.96 bits per heavy atom. The van der Waals surface area contributed by atoms with Gasteiger partial charge in [-0.25, -0.2) is 4.98 Å². The fourth-order valence-electron chi connectivity index (χ4n) is 1.99. The molecule has 0 aliphatic carbocycles. The number of nitro benzene ring substituents is 1. The van der Waals surface area contributed by atoms with Crippen LogP contribution in [0.25, 0.3) is 0 Å². The van der Waals surface area contributed by atoms with E-state index in [2.05, 4.69) is 15.6 Å².